The van der Waals surface area contributed by atoms with Crippen LogP contribution in [-0.2, 0) is 12.7 Å². The van der Waals surface area contributed by atoms with E-state index in [2.05, 4.69) is 10.3 Å². The molecule has 0 amide bonds. The van der Waals surface area contributed by atoms with E-state index in [1.807, 2.05) is 0 Å². The first-order valence-electron chi connectivity index (χ1n) is 5.58. The van der Waals surface area contributed by atoms with Gasteiger partial charge in [-0.05, 0) is 29.8 Å². The first-order chi connectivity index (χ1) is 9.36. The van der Waals surface area contributed by atoms with Crippen molar-refractivity contribution < 1.29 is 22.0 Å². The molecule has 2 nitrogen and oxygen atoms in total. The van der Waals surface area contributed by atoms with E-state index in [0.717, 1.165) is 18.2 Å². The largest absolute Gasteiger partial charge is 0.416 e. The number of halogens is 5. The van der Waals surface area contributed by atoms with Gasteiger partial charge in [0, 0.05) is 6.54 Å². The summed E-state index contributed by atoms with van der Waals surface area (Å²) in [6.07, 6.45) is -4.66. The summed E-state index contributed by atoms with van der Waals surface area (Å²) in [4.78, 5) is 3.46. The maximum absolute atomic E-state index is 12.9. The molecule has 1 aromatic carbocycles. The number of nitrogens with one attached hydrogen (secondary N) is 1. The number of alkyl halides is 3. The second kappa shape index (κ2) is 5.44. The molecule has 2 aromatic rings. The molecule has 0 saturated heterocycles. The summed E-state index contributed by atoms with van der Waals surface area (Å²) in [5, 5.41) is 2.56. The van der Waals surface area contributed by atoms with Crippen molar-refractivity contribution >= 4 is 5.82 Å². The molecule has 0 atom stereocenters. The summed E-state index contributed by atoms with van der Waals surface area (Å²) in [6, 6.07) is 6.30. The second-order valence-electron chi connectivity index (χ2n) is 4.00. The summed E-state index contributed by atoms with van der Waals surface area (Å²) < 4.78 is 64.0. The molecular formula is C13H9F5N2. The Balaban J connectivity index is 2.21. The molecule has 0 unspecified atom stereocenters. The Morgan fingerprint density at radius 2 is 1.80 bits per heavy atom. The highest BCUT2D eigenvalue weighted by molar-refractivity contribution is 5.38. The van der Waals surface area contributed by atoms with Crippen molar-refractivity contribution in [2.45, 2.75) is 12.7 Å². The van der Waals surface area contributed by atoms with Crippen LogP contribution in [-0.4, -0.2) is 4.98 Å². The highest BCUT2D eigenvalue weighted by atomic mass is 19.4. The molecule has 0 saturated carbocycles. The lowest BCUT2D eigenvalue weighted by atomic mass is 10.1. The van der Waals surface area contributed by atoms with Crippen LogP contribution in [0.1, 0.15) is 11.1 Å². The van der Waals surface area contributed by atoms with E-state index in [0.29, 0.717) is 6.07 Å². The Morgan fingerprint density at radius 3 is 2.45 bits per heavy atom. The van der Waals surface area contributed by atoms with E-state index in [-0.39, 0.29) is 17.9 Å². The average Bonchev–Trinajstić information content (AvgIpc) is 2.36. The van der Waals surface area contributed by atoms with Crippen molar-refractivity contribution in [1.29, 1.82) is 0 Å². The van der Waals surface area contributed by atoms with Gasteiger partial charge in [0.25, 0.3) is 0 Å². The Labute approximate surface area is 111 Å². The minimum atomic E-state index is -4.66. The third kappa shape index (κ3) is 3.43. The van der Waals surface area contributed by atoms with E-state index < -0.39 is 23.5 Å². The summed E-state index contributed by atoms with van der Waals surface area (Å²) in [5.41, 5.74) is -1.22. The summed E-state index contributed by atoms with van der Waals surface area (Å²) in [5.74, 6) is -1.61. The number of pyridine rings is 1. The zero-order valence-electron chi connectivity index (χ0n) is 10.0. The first-order valence-corrected chi connectivity index (χ1v) is 5.58. The SMILES string of the molecule is Fc1ccc(CNc2cccc(F)n2)c(C(F)(F)F)c1. The van der Waals surface area contributed by atoms with Crippen molar-refractivity contribution in [3.8, 4) is 0 Å². The molecule has 0 radical (unpaired) electrons. The van der Waals surface area contributed by atoms with Crippen LogP contribution in [0.5, 0.6) is 0 Å². The van der Waals surface area contributed by atoms with Gasteiger partial charge in [0.05, 0.1) is 5.56 Å². The van der Waals surface area contributed by atoms with Crippen LogP contribution >= 0.6 is 0 Å². The van der Waals surface area contributed by atoms with Crippen LogP contribution in [0.2, 0.25) is 0 Å². The molecule has 0 aliphatic carbocycles. The zero-order chi connectivity index (χ0) is 14.8. The Kier molecular flexibility index (Phi) is 3.87. The summed E-state index contributed by atoms with van der Waals surface area (Å²) in [7, 11) is 0. The highest BCUT2D eigenvalue weighted by Gasteiger charge is 2.33. The van der Waals surface area contributed by atoms with Gasteiger partial charge in [0.1, 0.15) is 11.6 Å². The van der Waals surface area contributed by atoms with Crippen LogP contribution in [0.3, 0.4) is 0 Å². The van der Waals surface area contributed by atoms with Gasteiger partial charge in [0.2, 0.25) is 5.95 Å². The van der Waals surface area contributed by atoms with Crippen molar-refractivity contribution in [3.05, 3.63) is 59.3 Å². The molecule has 2 rings (SSSR count). The van der Waals surface area contributed by atoms with Crippen molar-refractivity contribution in [3.63, 3.8) is 0 Å². The van der Waals surface area contributed by atoms with Crippen molar-refractivity contribution in [2.75, 3.05) is 5.32 Å². The van der Waals surface area contributed by atoms with Crippen molar-refractivity contribution in [1.82, 2.24) is 4.98 Å². The molecule has 1 aromatic heterocycles. The van der Waals surface area contributed by atoms with E-state index >= 15 is 0 Å². The molecule has 0 bridgehead atoms. The van der Waals surface area contributed by atoms with Gasteiger partial charge >= 0.3 is 6.18 Å². The number of anilines is 1. The number of benzene rings is 1. The summed E-state index contributed by atoms with van der Waals surface area (Å²) >= 11 is 0. The second-order valence-corrected chi connectivity index (χ2v) is 4.00. The zero-order valence-corrected chi connectivity index (χ0v) is 10.0. The molecule has 7 heteroatoms. The smallest absolute Gasteiger partial charge is 0.366 e. The number of hydrogen-bond acceptors (Lipinski definition) is 2. The fraction of sp³-hybridized carbons (Fsp3) is 0.154. The molecule has 0 aliphatic rings. The fourth-order valence-electron chi connectivity index (χ4n) is 1.66. The predicted molar refractivity (Wildman–Crippen MR) is 62.9 cm³/mol. The Bertz CT molecular complexity index is 610. The van der Waals surface area contributed by atoms with Gasteiger partial charge in [-0.3, -0.25) is 0 Å². The molecule has 0 fully saturated rings. The first kappa shape index (κ1) is 14.2. The minimum absolute atomic E-state index is 0.0995. The third-order valence-electron chi connectivity index (χ3n) is 2.55. The van der Waals surface area contributed by atoms with Gasteiger partial charge in [-0.15, -0.1) is 0 Å². The standard InChI is InChI=1S/C13H9F5N2/c14-9-5-4-8(10(6-9)13(16,17)18)7-19-12-3-1-2-11(15)20-12/h1-6H,7H2,(H,19,20). The normalized spacial score (nSPS) is 11.4. The summed E-state index contributed by atoms with van der Waals surface area (Å²) in [6.45, 7) is -0.244. The maximum Gasteiger partial charge on any atom is 0.416 e. The number of rotatable bonds is 3. The monoisotopic (exact) mass is 288 g/mol. The van der Waals surface area contributed by atoms with Gasteiger partial charge in [-0.1, -0.05) is 12.1 Å². The van der Waals surface area contributed by atoms with Crippen LogP contribution in [0, 0.1) is 11.8 Å². The molecular weight excluding hydrogens is 279 g/mol. The maximum atomic E-state index is 12.9. The lowest BCUT2D eigenvalue weighted by Gasteiger charge is -2.13. The quantitative estimate of drug-likeness (QED) is 0.682. The van der Waals surface area contributed by atoms with E-state index in [4.69, 9.17) is 0 Å². The van der Waals surface area contributed by atoms with Gasteiger partial charge < -0.3 is 5.32 Å². The average molecular weight is 288 g/mol. The minimum Gasteiger partial charge on any atom is -0.366 e. The molecule has 106 valence electrons. The van der Waals surface area contributed by atoms with E-state index in [1.54, 1.807) is 0 Å². The molecule has 20 heavy (non-hydrogen) atoms. The van der Waals surface area contributed by atoms with Crippen LogP contribution in [0.15, 0.2) is 36.4 Å². The van der Waals surface area contributed by atoms with Crippen molar-refractivity contribution in [2.24, 2.45) is 0 Å². The van der Waals surface area contributed by atoms with Crippen LogP contribution < -0.4 is 5.32 Å². The molecule has 1 N–H and O–H groups in total. The van der Waals surface area contributed by atoms with Gasteiger partial charge in [-0.25, -0.2) is 9.37 Å². The third-order valence-corrected chi connectivity index (χ3v) is 2.55. The molecule has 0 aliphatic heterocycles. The number of hydrogen-bond donors (Lipinski definition) is 1. The lowest BCUT2D eigenvalue weighted by Crippen LogP contribution is -2.12. The van der Waals surface area contributed by atoms with Crippen LogP contribution in [0.4, 0.5) is 27.8 Å². The number of aromatic nitrogens is 1. The van der Waals surface area contributed by atoms with Gasteiger partial charge in [0.15, 0.2) is 0 Å². The van der Waals surface area contributed by atoms with Crippen LogP contribution in [0.25, 0.3) is 0 Å². The lowest BCUT2D eigenvalue weighted by molar-refractivity contribution is -0.138. The highest BCUT2D eigenvalue weighted by Crippen LogP contribution is 2.32. The topological polar surface area (TPSA) is 24.9 Å². The Morgan fingerprint density at radius 1 is 1.05 bits per heavy atom. The van der Waals surface area contributed by atoms with Gasteiger partial charge in [-0.2, -0.15) is 17.6 Å². The predicted octanol–water partition coefficient (Wildman–Crippen LogP) is 3.99. The van der Waals surface area contributed by atoms with E-state index in [9.17, 15) is 22.0 Å². The molecule has 1 heterocycles. The van der Waals surface area contributed by atoms with E-state index in [1.165, 1.54) is 12.1 Å². The molecule has 0 spiro atoms. The fourth-order valence-corrected chi connectivity index (χ4v) is 1.66. The Hall–Kier alpha value is -2.18. The number of nitrogens with zero attached hydrogens (tertiary/aromatic N) is 1.